The maximum absolute atomic E-state index is 11.9. The lowest BCUT2D eigenvalue weighted by Crippen LogP contribution is -2.08. The highest BCUT2D eigenvalue weighted by Gasteiger charge is 2.31. The summed E-state index contributed by atoms with van der Waals surface area (Å²) >= 11 is 0. The van der Waals surface area contributed by atoms with Crippen LogP contribution in [0.1, 0.15) is 5.56 Å². The summed E-state index contributed by atoms with van der Waals surface area (Å²) < 4.78 is 35.8. The van der Waals surface area contributed by atoms with Crippen LogP contribution >= 0.6 is 0 Å². The van der Waals surface area contributed by atoms with E-state index in [0.717, 1.165) is 6.21 Å². The minimum Gasteiger partial charge on any atom is -0.252 e. The highest BCUT2D eigenvalue weighted by atomic mass is 19.4. The highest BCUT2D eigenvalue weighted by Crippen LogP contribution is 2.24. The third-order valence-corrected chi connectivity index (χ3v) is 1.50. The molecule has 0 saturated carbocycles. The molecule has 0 aliphatic heterocycles. The Labute approximate surface area is 79.6 Å². The number of rotatable bonds is 2. The van der Waals surface area contributed by atoms with E-state index >= 15 is 0 Å². The van der Waals surface area contributed by atoms with Crippen molar-refractivity contribution in [2.24, 2.45) is 4.99 Å². The van der Waals surface area contributed by atoms with Crippen LogP contribution in [0.3, 0.4) is 0 Å². The summed E-state index contributed by atoms with van der Waals surface area (Å²) in [4.78, 5) is 3.22. The molecule has 4 heteroatoms. The molecule has 0 aromatic heterocycles. The minimum absolute atomic E-state index is 0.609. The molecule has 0 heterocycles. The number of nitrogens with zero attached hydrogens (tertiary/aromatic N) is 1. The average Bonchev–Trinajstić information content (AvgIpc) is 2.14. The van der Waals surface area contributed by atoms with Crippen LogP contribution in [-0.4, -0.2) is 12.4 Å². The van der Waals surface area contributed by atoms with Gasteiger partial charge in [-0.1, -0.05) is 36.9 Å². The molecule has 0 aliphatic rings. The number of aliphatic imine (C=N–C) groups is 1. The Balaban J connectivity index is 2.71. The van der Waals surface area contributed by atoms with E-state index in [4.69, 9.17) is 0 Å². The van der Waals surface area contributed by atoms with Crippen LogP contribution < -0.4 is 0 Å². The lowest BCUT2D eigenvalue weighted by atomic mass is 10.2. The van der Waals surface area contributed by atoms with Crippen LogP contribution in [0, 0.1) is 0 Å². The normalized spacial score (nSPS) is 11.9. The van der Waals surface area contributed by atoms with E-state index in [1.165, 1.54) is 0 Å². The van der Waals surface area contributed by atoms with Crippen molar-refractivity contribution in [3.05, 3.63) is 48.2 Å². The van der Waals surface area contributed by atoms with Crippen LogP contribution in [0.2, 0.25) is 0 Å². The monoisotopic (exact) mass is 199 g/mol. The zero-order valence-electron chi connectivity index (χ0n) is 7.25. The van der Waals surface area contributed by atoms with Crippen LogP contribution in [0.4, 0.5) is 13.2 Å². The molecule has 1 nitrogen and oxygen atoms in total. The third kappa shape index (κ3) is 3.05. The fourth-order valence-corrected chi connectivity index (χ4v) is 0.765. The smallest absolute Gasteiger partial charge is 0.252 e. The van der Waals surface area contributed by atoms with E-state index in [1.54, 1.807) is 30.3 Å². The first kappa shape index (κ1) is 10.5. The lowest BCUT2D eigenvalue weighted by Gasteiger charge is -2.03. The van der Waals surface area contributed by atoms with Crippen molar-refractivity contribution in [3.8, 4) is 0 Å². The summed E-state index contributed by atoms with van der Waals surface area (Å²) in [5.74, 6) is 0. The number of hydrogen-bond donors (Lipinski definition) is 0. The van der Waals surface area contributed by atoms with Gasteiger partial charge in [0.15, 0.2) is 0 Å². The molecule has 0 radical (unpaired) electrons. The fourth-order valence-electron chi connectivity index (χ4n) is 0.765. The fraction of sp³-hybridized carbons (Fsp3) is 0.100. The molecule has 0 atom stereocenters. The van der Waals surface area contributed by atoms with Gasteiger partial charge in [-0.2, -0.15) is 13.2 Å². The predicted octanol–water partition coefficient (Wildman–Crippen LogP) is 3.18. The molecule has 0 unspecified atom stereocenters. The number of benzene rings is 1. The molecule has 14 heavy (non-hydrogen) atoms. The Bertz CT molecular complexity index is 338. The second kappa shape index (κ2) is 4.09. The van der Waals surface area contributed by atoms with Crippen LogP contribution in [0.5, 0.6) is 0 Å². The third-order valence-electron chi connectivity index (χ3n) is 1.50. The topological polar surface area (TPSA) is 12.4 Å². The van der Waals surface area contributed by atoms with Gasteiger partial charge in [-0.05, 0) is 5.56 Å². The maximum atomic E-state index is 11.9. The zero-order chi connectivity index (χ0) is 10.6. The summed E-state index contributed by atoms with van der Waals surface area (Å²) in [5, 5.41) is 0. The van der Waals surface area contributed by atoms with E-state index in [2.05, 4.69) is 11.6 Å². The molecule has 1 aromatic carbocycles. The van der Waals surface area contributed by atoms with Gasteiger partial charge >= 0.3 is 6.18 Å². The van der Waals surface area contributed by atoms with Gasteiger partial charge in [-0.3, -0.25) is 4.99 Å². The summed E-state index contributed by atoms with van der Waals surface area (Å²) in [6.45, 7) is 2.82. The lowest BCUT2D eigenvalue weighted by molar-refractivity contribution is -0.0918. The largest absolute Gasteiger partial charge is 0.432 e. The summed E-state index contributed by atoms with van der Waals surface area (Å²) in [6, 6.07) is 8.53. The molecule has 0 aliphatic carbocycles. The Morgan fingerprint density at radius 1 is 1.21 bits per heavy atom. The minimum atomic E-state index is -4.45. The Morgan fingerprint density at radius 2 is 1.79 bits per heavy atom. The zero-order valence-corrected chi connectivity index (χ0v) is 7.25. The quantitative estimate of drug-likeness (QED) is 0.648. The molecule has 0 spiro atoms. The Hall–Kier alpha value is -1.58. The van der Waals surface area contributed by atoms with Crippen molar-refractivity contribution >= 4 is 6.21 Å². The van der Waals surface area contributed by atoms with Gasteiger partial charge in [-0.15, -0.1) is 0 Å². The predicted molar refractivity (Wildman–Crippen MR) is 49.2 cm³/mol. The number of alkyl halides is 3. The average molecular weight is 199 g/mol. The van der Waals surface area contributed by atoms with E-state index in [9.17, 15) is 13.2 Å². The van der Waals surface area contributed by atoms with Crippen molar-refractivity contribution < 1.29 is 13.2 Å². The first-order valence-corrected chi connectivity index (χ1v) is 3.85. The summed E-state index contributed by atoms with van der Waals surface area (Å²) in [7, 11) is 0. The second-order valence-corrected chi connectivity index (χ2v) is 2.61. The van der Waals surface area contributed by atoms with E-state index < -0.39 is 11.9 Å². The molecule has 1 rings (SSSR count). The molecular weight excluding hydrogens is 191 g/mol. The van der Waals surface area contributed by atoms with Gasteiger partial charge in [0.25, 0.3) is 0 Å². The van der Waals surface area contributed by atoms with E-state index in [1.807, 2.05) is 0 Å². The summed E-state index contributed by atoms with van der Waals surface area (Å²) in [5.41, 5.74) is -0.487. The van der Waals surface area contributed by atoms with Crippen molar-refractivity contribution in [1.29, 1.82) is 0 Å². The van der Waals surface area contributed by atoms with Gasteiger partial charge in [0.1, 0.15) is 5.70 Å². The van der Waals surface area contributed by atoms with Crippen molar-refractivity contribution in [2.45, 2.75) is 6.18 Å². The van der Waals surface area contributed by atoms with Crippen LogP contribution in [-0.2, 0) is 0 Å². The molecule has 74 valence electrons. The van der Waals surface area contributed by atoms with Crippen LogP contribution in [0.25, 0.3) is 0 Å². The first-order chi connectivity index (χ1) is 6.50. The molecule has 1 aromatic rings. The van der Waals surface area contributed by atoms with E-state index in [-0.39, 0.29) is 0 Å². The number of allylic oxidation sites excluding steroid dienone is 1. The number of hydrogen-bond acceptors (Lipinski definition) is 1. The molecule has 0 bridgehead atoms. The molecule has 0 fully saturated rings. The van der Waals surface area contributed by atoms with Crippen molar-refractivity contribution in [2.75, 3.05) is 0 Å². The molecule has 0 saturated heterocycles. The second-order valence-electron chi connectivity index (χ2n) is 2.61. The van der Waals surface area contributed by atoms with Crippen molar-refractivity contribution in [3.63, 3.8) is 0 Å². The summed E-state index contributed by atoms with van der Waals surface area (Å²) in [6.07, 6.45) is -3.32. The van der Waals surface area contributed by atoms with Gasteiger partial charge in [-0.25, -0.2) is 0 Å². The van der Waals surface area contributed by atoms with Gasteiger partial charge in [0, 0.05) is 6.21 Å². The van der Waals surface area contributed by atoms with Crippen molar-refractivity contribution in [1.82, 2.24) is 0 Å². The van der Waals surface area contributed by atoms with Gasteiger partial charge in [0.2, 0.25) is 0 Å². The SMILES string of the molecule is C=C(N=Cc1ccccc1)C(F)(F)F. The standard InChI is InChI=1S/C10H8F3N/c1-8(10(11,12)13)14-7-9-5-3-2-4-6-9/h2-7H,1H2. The first-order valence-electron chi connectivity index (χ1n) is 3.85. The molecular formula is C10H8F3N. The van der Waals surface area contributed by atoms with Gasteiger partial charge < -0.3 is 0 Å². The Morgan fingerprint density at radius 3 is 2.29 bits per heavy atom. The maximum Gasteiger partial charge on any atom is 0.432 e. The molecule has 0 N–H and O–H groups in total. The van der Waals surface area contributed by atoms with E-state index in [0.29, 0.717) is 5.56 Å². The molecule has 0 amide bonds. The highest BCUT2D eigenvalue weighted by molar-refractivity contribution is 5.80. The number of halogens is 3. The van der Waals surface area contributed by atoms with Gasteiger partial charge in [0.05, 0.1) is 0 Å². The van der Waals surface area contributed by atoms with Crippen LogP contribution in [0.15, 0.2) is 47.6 Å². The Kier molecular flexibility index (Phi) is 3.06.